The molecule has 0 bridgehead atoms. The van der Waals surface area contributed by atoms with E-state index in [9.17, 15) is 13.0 Å². The van der Waals surface area contributed by atoms with E-state index in [1.165, 1.54) is 0 Å². The standard InChI is InChI=1S/C4H12N.CH4O3S2/c1-5(2,3)4;2-6(3,4)1-5/h1-4H3;5H,1H2,(H,2,3,4)/q+1;/p-1. The first-order chi connectivity index (χ1) is 4.56. The summed E-state index contributed by atoms with van der Waals surface area (Å²) in [5, 5.41) is -0.618. The number of hydrogen-bond donors (Lipinski definition) is 1. The van der Waals surface area contributed by atoms with Crippen LogP contribution >= 0.6 is 12.6 Å². The molecule has 0 aliphatic rings. The Kier molecular flexibility index (Phi) is 6.23. The first-order valence-electron chi connectivity index (χ1n) is 2.89. The van der Waals surface area contributed by atoms with Crippen LogP contribution in [0.25, 0.3) is 0 Å². The summed E-state index contributed by atoms with van der Waals surface area (Å²) in [6.45, 7) is 0. The number of nitrogens with zero attached hydrogens (tertiary/aromatic N) is 1. The highest BCUT2D eigenvalue weighted by Crippen LogP contribution is 1.81. The fraction of sp³-hybridized carbons (Fsp3) is 1.00. The van der Waals surface area contributed by atoms with Crippen molar-refractivity contribution in [2.24, 2.45) is 0 Å². The van der Waals surface area contributed by atoms with Gasteiger partial charge in [0.1, 0.15) is 10.1 Å². The summed E-state index contributed by atoms with van der Waals surface area (Å²) >= 11 is 3.20. The molecule has 0 fully saturated rings. The highest BCUT2D eigenvalue weighted by molar-refractivity contribution is 8.00. The summed E-state index contributed by atoms with van der Waals surface area (Å²) in [6.07, 6.45) is 0. The third-order valence-corrected chi connectivity index (χ3v) is 1.42. The highest BCUT2D eigenvalue weighted by Gasteiger charge is 1.88. The molecule has 0 N–H and O–H groups in total. The van der Waals surface area contributed by atoms with Gasteiger partial charge in [0.25, 0.3) is 0 Å². The van der Waals surface area contributed by atoms with Crippen LogP contribution in [0.15, 0.2) is 0 Å². The number of rotatable bonds is 1. The molecule has 0 saturated carbocycles. The second-order valence-corrected chi connectivity index (χ2v) is 5.52. The molecule has 0 aromatic heterocycles. The zero-order valence-electron chi connectivity index (χ0n) is 7.23. The molecule has 0 aromatic carbocycles. The van der Waals surface area contributed by atoms with E-state index in [1.54, 1.807) is 0 Å². The van der Waals surface area contributed by atoms with Gasteiger partial charge >= 0.3 is 0 Å². The maximum absolute atomic E-state index is 9.37. The van der Waals surface area contributed by atoms with Gasteiger partial charge in [-0.15, -0.1) is 0 Å². The highest BCUT2D eigenvalue weighted by atomic mass is 32.3. The maximum Gasteiger partial charge on any atom is 0.104 e. The summed E-state index contributed by atoms with van der Waals surface area (Å²) in [5.41, 5.74) is 0. The van der Waals surface area contributed by atoms with Gasteiger partial charge < -0.3 is 9.04 Å². The van der Waals surface area contributed by atoms with Crippen molar-refractivity contribution in [2.45, 2.75) is 0 Å². The number of hydrogen-bond acceptors (Lipinski definition) is 4. The van der Waals surface area contributed by atoms with Crippen LogP contribution < -0.4 is 0 Å². The minimum atomic E-state index is -4.05. The van der Waals surface area contributed by atoms with Crippen LogP contribution in [0.5, 0.6) is 0 Å². The normalized spacial score (nSPS) is 11.8. The van der Waals surface area contributed by atoms with Gasteiger partial charge in [-0.3, -0.25) is 0 Å². The van der Waals surface area contributed by atoms with Crippen LogP contribution in [0.3, 0.4) is 0 Å². The van der Waals surface area contributed by atoms with E-state index in [0.29, 0.717) is 0 Å². The Morgan fingerprint density at radius 3 is 1.36 bits per heavy atom. The quantitative estimate of drug-likeness (QED) is 0.361. The number of thiol groups is 1. The number of quaternary nitrogens is 1. The molecule has 0 rings (SSSR count). The Morgan fingerprint density at radius 2 is 1.36 bits per heavy atom. The van der Waals surface area contributed by atoms with Gasteiger partial charge in [0.2, 0.25) is 0 Å². The van der Waals surface area contributed by atoms with Crippen molar-refractivity contribution in [1.82, 2.24) is 0 Å². The average Bonchev–Trinajstić information content (AvgIpc) is 1.59. The van der Waals surface area contributed by atoms with Crippen molar-refractivity contribution in [1.29, 1.82) is 0 Å². The van der Waals surface area contributed by atoms with E-state index < -0.39 is 15.2 Å². The summed E-state index contributed by atoms with van der Waals surface area (Å²) in [4.78, 5) is 0. The van der Waals surface area contributed by atoms with Crippen LogP contribution in [0.4, 0.5) is 0 Å². The Labute approximate surface area is 74.0 Å². The minimum absolute atomic E-state index is 0.618. The molecular formula is C5H15NO3S2. The average molecular weight is 201 g/mol. The van der Waals surface area contributed by atoms with E-state index in [1.807, 2.05) is 0 Å². The second-order valence-electron chi connectivity index (χ2n) is 3.37. The monoisotopic (exact) mass is 201 g/mol. The molecule has 0 aliphatic heterocycles. The van der Waals surface area contributed by atoms with E-state index in [0.717, 1.165) is 4.48 Å². The fourth-order valence-electron chi connectivity index (χ4n) is 0. The summed E-state index contributed by atoms with van der Waals surface area (Å²) in [5.74, 6) is 0. The zero-order chi connectivity index (χ0) is 9.71. The Balaban J connectivity index is 0. The Hall–Kier alpha value is 0.220. The van der Waals surface area contributed by atoms with Gasteiger partial charge in [-0.05, 0) is 0 Å². The van der Waals surface area contributed by atoms with Crippen molar-refractivity contribution in [3.8, 4) is 0 Å². The molecule has 0 saturated heterocycles. The first-order valence-corrected chi connectivity index (χ1v) is 5.10. The van der Waals surface area contributed by atoms with Crippen LogP contribution in [-0.2, 0) is 10.1 Å². The van der Waals surface area contributed by atoms with Crippen LogP contribution in [0.2, 0.25) is 0 Å². The molecule has 0 aliphatic carbocycles. The van der Waals surface area contributed by atoms with E-state index in [-0.39, 0.29) is 0 Å². The molecule has 0 atom stereocenters. The topological polar surface area (TPSA) is 57.2 Å². The van der Waals surface area contributed by atoms with Crippen molar-refractivity contribution in [2.75, 3.05) is 33.3 Å². The molecule has 70 valence electrons. The smallest absolute Gasteiger partial charge is 0.104 e. The molecule has 0 unspecified atom stereocenters. The molecular weight excluding hydrogens is 186 g/mol. The Morgan fingerprint density at radius 1 is 1.27 bits per heavy atom. The van der Waals surface area contributed by atoms with Gasteiger partial charge in [-0.1, -0.05) is 0 Å². The molecule has 0 aromatic rings. The van der Waals surface area contributed by atoms with Crippen molar-refractivity contribution >= 4 is 22.7 Å². The second kappa shape index (κ2) is 4.97. The minimum Gasteiger partial charge on any atom is -0.747 e. The lowest BCUT2D eigenvalue weighted by Gasteiger charge is -2.14. The maximum atomic E-state index is 9.37. The first kappa shape index (κ1) is 13.8. The van der Waals surface area contributed by atoms with Crippen LogP contribution in [0.1, 0.15) is 0 Å². The predicted octanol–water partition coefficient (Wildman–Crippen LogP) is -0.259. The van der Waals surface area contributed by atoms with Gasteiger partial charge in [-0.2, -0.15) is 12.6 Å². The molecule has 0 radical (unpaired) electrons. The summed E-state index contributed by atoms with van der Waals surface area (Å²) in [6, 6.07) is 0. The van der Waals surface area contributed by atoms with Crippen molar-refractivity contribution in [3.05, 3.63) is 0 Å². The molecule has 0 heterocycles. The molecule has 0 spiro atoms. The SMILES string of the molecule is C[N+](C)(C)C.O=S(=O)([O-])CS. The van der Waals surface area contributed by atoms with Gasteiger partial charge in [0.15, 0.2) is 0 Å². The third kappa shape index (κ3) is 66.6. The van der Waals surface area contributed by atoms with Crippen LogP contribution in [-0.4, -0.2) is 50.7 Å². The molecule has 6 heteroatoms. The fourth-order valence-corrected chi connectivity index (χ4v) is 0. The van der Waals surface area contributed by atoms with Gasteiger partial charge in [-0.25, -0.2) is 8.42 Å². The van der Waals surface area contributed by atoms with Crippen molar-refractivity contribution in [3.63, 3.8) is 0 Å². The van der Waals surface area contributed by atoms with E-state index in [2.05, 4.69) is 40.8 Å². The Bertz CT molecular complexity index is 174. The van der Waals surface area contributed by atoms with Crippen LogP contribution in [0, 0.1) is 0 Å². The lowest BCUT2D eigenvalue weighted by atomic mass is 10.8. The predicted molar refractivity (Wildman–Crippen MR) is 47.5 cm³/mol. The lowest BCUT2D eigenvalue weighted by Crippen LogP contribution is -2.27. The lowest BCUT2D eigenvalue weighted by molar-refractivity contribution is -0.849. The van der Waals surface area contributed by atoms with Gasteiger partial charge in [0.05, 0.1) is 33.3 Å². The van der Waals surface area contributed by atoms with E-state index >= 15 is 0 Å². The molecule has 11 heavy (non-hydrogen) atoms. The molecule has 0 amide bonds. The van der Waals surface area contributed by atoms with Crippen molar-refractivity contribution < 1.29 is 17.5 Å². The molecule has 4 nitrogen and oxygen atoms in total. The largest absolute Gasteiger partial charge is 0.747 e. The van der Waals surface area contributed by atoms with E-state index in [4.69, 9.17) is 0 Å². The summed E-state index contributed by atoms with van der Waals surface area (Å²) < 4.78 is 29.1. The van der Waals surface area contributed by atoms with Gasteiger partial charge in [0, 0.05) is 0 Å². The zero-order valence-corrected chi connectivity index (χ0v) is 8.95. The third-order valence-electron chi connectivity index (χ3n) is 0.158. The summed E-state index contributed by atoms with van der Waals surface area (Å²) in [7, 11) is 4.45.